The van der Waals surface area contributed by atoms with E-state index in [0.29, 0.717) is 0 Å². The molecule has 0 radical (unpaired) electrons. The number of nitrogens with zero attached hydrogens (tertiary/aromatic N) is 3. The predicted molar refractivity (Wildman–Crippen MR) is 97.0 cm³/mol. The second-order valence-corrected chi connectivity index (χ2v) is 8.93. The lowest BCUT2D eigenvalue weighted by molar-refractivity contribution is -0.155. The van der Waals surface area contributed by atoms with E-state index >= 15 is 0 Å². The standard InChI is InChI=1S/C19H29N3O4/c1-17(2,3)24-13-10-14(25-18(4,5)6)22-15(21-13)12(11-20)16(23)26-19(7,8)9/h10,12H,1-9H3. The number of esters is 1. The summed E-state index contributed by atoms with van der Waals surface area (Å²) in [5, 5.41) is 9.48. The van der Waals surface area contributed by atoms with Crippen molar-refractivity contribution in [3.8, 4) is 17.8 Å². The van der Waals surface area contributed by atoms with Crippen molar-refractivity contribution < 1.29 is 19.0 Å². The highest BCUT2D eigenvalue weighted by Crippen LogP contribution is 2.27. The Morgan fingerprint density at radius 2 is 1.35 bits per heavy atom. The van der Waals surface area contributed by atoms with Crippen molar-refractivity contribution in [1.82, 2.24) is 9.97 Å². The maximum absolute atomic E-state index is 12.4. The fourth-order valence-corrected chi connectivity index (χ4v) is 1.86. The van der Waals surface area contributed by atoms with E-state index in [4.69, 9.17) is 14.2 Å². The minimum atomic E-state index is -1.28. The number of nitriles is 1. The van der Waals surface area contributed by atoms with Crippen molar-refractivity contribution in [2.45, 2.75) is 85.0 Å². The van der Waals surface area contributed by atoms with Crippen molar-refractivity contribution >= 4 is 5.97 Å². The molecule has 1 heterocycles. The quantitative estimate of drug-likeness (QED) is 0.751. The van der Waals surface area contributed by atoms with Crippen LogP contribution in [0.15, 0.2) is 6.07 Å². The van der Waals surface area contributed by atoms with Gasteiger partial charge < -0.3 is 14.2 Å². The Kier molecular flexibility index (Phi) is 6.24. The van der Waals surface area contributed by atoms with E-state index in [9.17, 15) is 10.1 Å². The van der Waals surface area contributed by atoms with Gasteiger partial charge in [-0.3, -0.25) is 4.79 Å². The predicted octanol–water partition coefficient (Wildman–Crippen LogP) is 3.78. The molecule has 1 unspecified atom stereocenters. The molecule has 0 amide bonds. The summed E-state index contributed by atoms with van der Waals surface area (Å²) in [6.07, 6.45) is 0. The van der Waals surface area contributed by atoms with Crippen molar-refractivity contribution in [2.75, 3.05) is 0 Å². The topological polar surface area (TPSA) is 94.3 Å². The molecule has 1 aromatic rings. The maximum Gasteiger partial charge on any atom is 0.331 e. The van der Waals surface area contributed by atoms with Gasteiger partial charge >= 0.3 is 5.97 Å². The summed E-state index contributed by atoms with van der Waals surface area (Å²) < 4.78 is 16.9. The fraction of sp³-hybridized carbons (Fsp3) is 0.684. The summed E-state index contributed by atoms with van der Waals surface area (Å²) in [5.41, 5.74) is -1.76. The van der Waals surface area contributed by atoms with Crippen LogP contribution in [-0.4, -0.2) is 32.7 Å². The molecule has 0 aromatic carbocycles. The van der Waals surface area contributed by atoms with E-state index in [-0.39, 0.29) is 17.6 Å². The van der Waals surface area contributed by atoms with Crippen LogP contribution in [0.25, 0.3) is 0 Å². The van der Waals surface area contributed by atoms with Gasteiger partial charge in [0.25, 0.3) is 0 Å². The lowest BCUT2D eigenvalue weighted by Gasteiger charge is -2.24. The molecule has 1 aromatic heterocycles. The third-order valence-corrected chi connectivity index (χ3v) is 2.55. The molecule has 1 rings (SSSR count). The van der Waals surface area contributed by atoms with Gasteiger partial charge in [0.1, 0.15) is 16.8 Å². The molecular formula is C19H29N3O4. The molecule has 0 saturated carbocycles. The van der Waals surface area contributed by atoms with Crippen LogP contribution < -0.4 is 9.47 Å². The van der Waals surface area contributed by atoms with Crippen LogP contribution in [0.5, 0.6) is 11.8 Å². The first-order valence-corrected chi connectivity index (χ1v) is 8.49. The van der Waals surface area contributed by atoms with Gasteiger partial charge in [-0.05, 0) is 62.3 Å². The third-order valence-electron chi connectivity index (χ3n) is 2.55. The van der Waals surface area contributed by atoms with E-state index in [0.717, 1.165) is 0 Å². The highest BCUT2D eigenvalue weighted by atomic mass is 16.6. The first kappa shape index (κ1) is 21.7. The van der Waals surface area contributed by atoms with E-state index < -0.39 is 28.7 Å². The van der Waals surface area contributed by atoms with Crippen molar-refractivity contribution in [1.29, 1.82) is 5.26 Å². The van der Waals surface area contributed by atoms with Crippen LogP contribution in [0.2, 0.25) is 0 Å². The van der Waals surface area contributed by atoms with Gasteiger partial charge in [-0.25, -0.2) is 0 Å². The Balaban J connectivity index is 3.33. The molecule has 0 saturated heterocycles. The monoisotopic (exact) mass is 363 g/mol. The molecule has 0 aliphatic heterocycles. The van der Waals surface area contributed by atoms with E-state index in [1.54, 1.807) is 26.8 Å². The van der Waals surface area contributed by atoms with Gasteiger partial charge in [0.15, 0.2) is 5.82 Å². The molecule has 0 spiro atoms. The molecule has 1 atom stereocenters. The van der Waals surface area contributed by atoms with E-state index in [1.165, 1.54) is 0 Å². The smallest absolute Gasteiger partial charge is 0.331 e. The average molecular weight is 363 g/mol. The third kappa shape index (κ3) is 7.68. The van der Waals surface area contributed by atoms with E-state index in [1.807, 2.05) is 47.6 Å². The van der Waals surface area contributed by atoms with Crippen LogP contribution in [0, 0.1) is 11.3 Å². The zero-order valence-corrected chi connectivity index (χ0v) is 17.1. The summed E-state index contributed by atoms with van der Waals surface area (Å²) in [7, 11) is 0. The first-order chi connectivity index (χ1) is 11.6. The second kappa shape index (κ2) is 7.48. The molecule has 0 aliphatic rings. The Morgan fingerprint density at radius 1 is 0.923 bits per heavy atom. The van der Waals surface area contributed by atoms with Crippen LogP contribution >= 0.6 is 0 Å². The number of rotatable bonds is 4. The molecule has 7 nitrogen and oxygen atoms in total. The number of aromatic nitrogens is 2. The summed E-state index contributed by atoms with van der Waals surface area (Å²) >= 11 is 0. The molecular weight excluding hydrogens is 334 g/mol. The minimum absolute atomic E-state index is 0.0113. The number of hydrogen-bond acceptors (Lipinski definition) is 7. The zero-order valence-electron chi connectivity index (χ0n) is 17.1. The van der Waals surface area contributed by atoms with Gasteiger partial charge in [-0.15, -0.1) is 0 Å². The van der Waals surface area contributed by atoms with Crippen LogP contribution in [0.4, 0.5) is 0 Å². The van der Waals surface area contributed by atoms with Crippen LogP contribution in [-0.2, 0) is 9.53 Å². The van der Waals surface area contributed by atoms with Crippen molar-refractivity contribution in [3.05, 3.63) is 11.9 Å². The Bertz CT molecular complexity index is 654. The number of ether oxygens (including phenoxy) is 3. The molecule has 0 aliphatic carbocycles. The van der Waals surface area contributed by atoms with Crippen molar-refractivity contribution in [2.24, 2.45) is 0 Å². The Labute approximate surface area is 155 Å². The molecule has 0 fully saturated rings. The van der Waals surface area contributed by atoms with Gasteiger partial charge in [-0.2, -0.15) is 15.2 Å². The Hall–Kier alpha value is -2.36. The molecule has 7 heteroatoms. The SMILES string of the molecule is CC(C)(C)OC(=O)C(C#N)c1nc(OC(C)(C)C)cc(OC(C)(C)C)n1. The largest absolute Gasteiger partial charge is 0.472 e. The normalized spacial score (nSPS) is 13.5. The summed E-state index contributed by atoms with van der Waals surface area (Å²) in [5.74, 6) is -1.55. The van der Waals surface area contributed by atoms with E-state index in [2.05, 4.69) is 9.97 Å². The summed E-state index contributed by atoms with van der Waals surface area (Å²) in [6.45, 7) is 16.4. The number of carbonyl (C=O) groups is 1. The molecule has 0 N–H and O–H groups in total. The lowest BCUT2D eigenvalue weighted by Crippen LogP contribution is -2.29. The number of hydrogen-bond donors (Lipinski definition) is 0. The summed E-state index contributed by atoms with van der Waals surface area (Å²) in [6, 6.07) is 3.46. The van der Waals surface area contributed by atoms with Crippen LogP contribution in [0.3, 0.4) is 0 Å². The van der Waals surface area contributed by atoms with Gasteiger partial charge in [0, 0.05) is 0 Å². The second-order valence-electron chi connectivity index (χ2n) is 8.93. The lowest BCUT2D eigenvalue weighted by atomic mass is 10.1. The molecule has 0 bridgehead atoms. The Morgan fingerprint density at radius 3 is 1.65 bits per heavy atom. The van der Waals surface area contributed by atoms with Gasteiger partial charge in [0.05, 0.1) is 12.1 Å². The fourth-order valence-electron chi connectivity index (χ4n) is 1.86. The van der Waals surface area contributed by atoms with Gasteiger partial charge in [-0.1, -0.05) is 0 Å². The molecule has 26 heavy (non-hydrogen) atoms. The maximum atomic E-state index is 12.4. The minimum Gasteiger partial charge on any atom is -0.472 e. The average Bonchev–Trinajstić information content (AvgIpc) is 2.32. The zero-order chi connectivity index (χ0) is 20.3. The highest BCUT2D eigenvalue weighted by molar-refractivity contribution is 5.80. The highest BCUT2D eigenvalue weighted by Gasteiger charge is 2.31. The van der Waals surface area contributed by atoms with Crippen molar-refractivity contribution in [3.63, 3.8) is 0 Å². The summed E-state index contributed by atoms with van der Waals surface area (Å²) in [4.78, 5) is 20.8. The van der Waals surface area contributed by atoms with Gasteiger partial charge in [0.2, 0.25) is 17.7 Å². The first-order valence-electron chi connectivity index (χ1n) is 8.49. The van der Waals surface area contributed by atoms with Crippen LogP contribution in [0.1, 0.15) is 74.1 Å². The number of carbonyl (C=O) groups excluding carboxylic acids is 1. The molecule has 144 valence electrons.